The molecular weight excluding hydrogens is 881 g/mol. The fourth-order valence-electron chi connectivity index (χ4n) is 9.70. The predicted molar refractivity (Wildman–Crippen MR) is 231 cm³/mol. The van der Waals surface area contributed by atoms with E-state index in [1.807, 2.05) is 27.3 Å². The quantitative estimate of drug-likeness (QED) is 0.0924. The number of para-hydroxylation sites is 1. The Hall–Kier alpha value is -6.19. The molecule has 6 atom stereocenters. The van der Waals surface area contributed by atoms with Crippen LogP contribution in [0.1, 0.15) is 74.7 Å². The van der Waals surface area contributed by atoms with Gasteiger partial charge in [0.05, 0.1) is 91.3 Å². The lowest BCUT2D eigenvalue weighted by Gasteiger charge is -2.28. The van der Waals surface area contributed by atoms with Gasteiger partial charge in [-0.1, -0.05) is 12.1 Å². The minimum atomic E-state index is -1.35. The van der Waals surface area contributed by atoms with Crippen molar-refractivity contribution in [3.05, 3.63) is 118 Å². The number of nitrogens with zero attached hydrogens (tertiary/aromatic N) is 6. The second-order valence-corrected chi connectivity index (χ2v) is 17.6. The highest BCUT2D eigenvalue weighted by Gasteiger charge is 2.58. The number of imidazole rings is 2. The molecule has 1 saturated carbocycles. The molecule has 4 aromatic carbocycles. The Labute approximate surface area is 381 Å². The number of aromatic nitrogens is 4. The summed E-state index contributed by atoms with van der Waals surface area (Å²) in [6, 6.07) is 17.6. The van der Waals surface area contributed by atoms with Gasteiger partial charge in [-0.15, -0.1) is 11.6 Å². The zero-order valence-corrected chi connectivity index (χ0v) is 36.9. The van der Waals surface area contributed by atoms with Crippen molar-refractivity contribution in [1.29, 1.82) is 5.26 Å². The number of methoxy groups -OCH3 is 2. The Kier molecular flexibility index (Phi) is 11.4. The summed E-state index contributed by atoms with van der Waals surface area (Å²) in [7, 11) is 2.53. The van der Waals surface area contributed by atoms with Crippen LogP contribution in [-0.4, -0.2) is 88.7 Å². The van der Waals surface area contributed by atoms with Gasteiger partial charge in [-0.05, 0) is 79.1 Å². The highest BCUT2D eigenvalue weighted by atomic mass is 35.5. The summed E-state index contributed by atoms with van der Waals surface area (Å²) < 4.78 is 81.1. The van der Waals surface area contributed by atoms with Gasteiger partial charge in [-0.3, -0.25) is 4.90 Å². The van der Waals surface area contributed by atoms with Crippen LogP contribution in [0.3, 0.4) is 0 Å². The zero-order valence-electron chi connectivity index (χ0n) is 36.2. The number of ether oxygens (including phenoxy) is 6. The van der Waals surface area contributed by atoms with E-state index in [4.69, 9.17) is 45.5 Å². The molecule has 2 aromatic heterocycles. The molecule has 0 spiro atoms. The van der Waals surface area contributed by atoms with Crippen LogP contribution in [0, 0.1) is 40.6 Å². The third-order valence-corrected chi connectivity index (χ3v) is 13.5. The van der Waals surface area contributed by atoms with Gasteiger partial charge in [-0.25, -0.2) is 32.7 Å². The minimum Gasteiger partial charge on any atom is -0.465 e. The fraction of sp³-hybridized carbons (Fsp3) is 0.396. The Balaban J connectivity index is 0.000000204. The smallest absolute Gasteiger partial charge is 0.338 e. The number of nitriles is 1. The van der Waals surface area contributed by atoms with E-state index >= 15 is 4.39 Å². The Morgan fingerprint density at radius 2 is 1.39 bits per heavy atom. The number of halogens is 4. The van der Waals surface area contributed by atoms with Crippen molar-refractivity contribution >= 4 is 45.6 Å². The van der Waals surface area contributed by atoms with Crippen LogP contribution in [0.15, 0.2) is 60.7 Å². The Morgan fingerprint density at radius 1 is 0.818 bits per heavy atom. The molecule has 342 valence electrons. The monoisotopic (exact) mass is 924 g/mol. The van der Waals surface area contributed by atoms with Crippen LogP contribution < -0.4 is 9.47 Å². The van der Waals surface area contributed by atoms with E-state index in [1.54, 1.807) is 25.1 Å². The molecule has 4 fully saturated rings. The first kappa shape index (κ1) is 43.7. The van der Waals surface area contributed by atoms with E-state index in [2.05, 4.69) is 20.7 Å². The summed E-state index contributed by atoms with van der Waals surface area (Å²) in [4.78, 5) is 35.1. The molecule has 6 heterocycles. The molecule has 0 radical (unpaired) electrons. The van der Waals surface area contributed by atoms with Crippen molar-refractivity contribution in [1.82, 2.24) is 24.0 Å². The molecule has 3 saturated heterocycles. The predicted octanol–water partition coefficient (Wildman–Crippen LogP) is 7.74. The van der Waals surface area contributed by atoms with Gasteiger partial charge in [0.25, 0.3) is 5.79 Å². The number of carbonyl (C=O) groups excluding carboxylic acids is 2. The summed E-state index contributed by atoms with van der Waals surface area (Å²) in [5.41, 5.74) is 3.34. The van der Waals surface area contributed by atoms with E-state index < -0.39 is 35.2 Å². The zero-order chi connectivity index (χ0) is 46.0. The van der Waals surface area contributed by atoms with Gasteiger partial charge >= 0.3 is 11.9 Å². The molecule has 4 aliphatic heterocycles. The molecular formula is C48H44ClF3N6O8. The number of rotatable bonds is 11. The van der Waals surface area contributed by atoms with Crippen LogP contribution in [0.25, 0.3) is 22.1 Å². The molecule has 66 heavy (non-hydrogen) atoms. The van der Waals surface area contributed by atoms with E-state index in [0.29, 0.717) is 66.4 Å². The first-order chi connectivity index (χ1) is 31.9. The molecule has 6 aromatic rings. The maximum atomic E-state index is 15.1. The number of piperidine rings is 1. The second-order valence-electron chi connectivity index (χ2n) is 17.3. The number of benzene rings is 4. The van der Waals surface area contributed by atoms with Gasteiger partial charge in [0.2, 0.25) is 0 Å². The lowest BCUT2D eigenvalue weighted by Crippen LogP contribution is -2.33. The van der Waals surface area contributed by atoms with E-state index in [1.165, 1.54) is 32.4 Å². The molecule has 0 bridgehead atoms. The maximum absolute atomic E-state index is 15.1. The first-order valence-corrected chi connectivity index (χ1v) is 22.2. The summed E-state index contributed by atoms with van der Waals surface area (Å²) >= 11 is 5.89. The number of hydrogen-bond donors (Lipinski definition) is 0. The number of fused-ring (bicyclic) bond motifs is 4. The van der Waals surface area contributed by atoms with Gasteiger partial charge in [0, 0.05) is 38.8 Å². The second kappa shape index (κ2) is 17.2. The fourth-order valence-corrected chi connectivity index (χ4v) is 9.91. The van der Waals surface area contributed by atoms with E-state index in [0.717, 1.165) is 50.0 Å². The standard InChI is InChI=1S/C34H30F2N4O5.C14H14ClFN2O3/c1-34(24-7-6-18(13-37)10-25(24)35)44-28-5-3-4-21(32(28)45-34)30-22-15-39(16-23(22)30)17-29-38-31-26(36)11-19(33(41)42-2)12-27(31)40(29)14-20-8-9-43-20;1-20-14(19)8-4-10(16)13-11(5-8)18(12(6-15)17-13)7-9-2-3-21-9/h3-7,10-12,20,22-23,30H,8-9,14-17H2,1-2H3;4-5,9H,2-3,6-7H2,1H3/t20-,22-,23+,30?,34?;9-/m00/s1. The number of carbonyl (C=O) groups is 2. The van der Waals surface area contributed by atoms with Crippen LogP contribution in [0.4, 0.5) is 13.2 Å². The average Bonchev–Trinajstić information content (AvgIpc) is 3.70. The number of likely N-dealkylation sites (tertiary alicyclic amines) is 1. The van der Waals surface area contributed by atoms with Crippen molar-refractivity contribution in [3.63, 3.8) is 0 Å². The molecule has 1 aliphatic carbocycles. The summed E-state index contributed by atoms with van der Waals surface area (Å²) in [6.45, 7) is 6.40. The normalized spacial score (nSPS) is 23.6. The highest BCUT2D eigenvalue weighted by molar-refractivity contribution is 6.17. The lowest BCUT2D eigenvalue weighted by atomic mass is 10.0. The molecule has 14 nitrogen and oxygen atoms in total. The molecule has 0 N–H and O–H groups in total. The van der Waals surface area contributed by atoms with Crippen LogP contribution >= 0.6 is 11.6 Å². The van der Waals surface area contributed by atoms with Crippen molar-refractivity contribution in [2.75, 3.05) is 40.5 Å². The van der Waals surface area contributed by atoms with Gasteiger partial charge < -0.3 is 37.6 Å². The van der Waals surface area contributed by atoms with Gasteiger partial charge in [-0.2, -0.15) is 5.26 Å². The summed E-state index contributed by atoms with van der Waals surface area (Å²) in [6.07, 6.45) is 1.96. The topological polar surface area (TPSA) is 152 Å². The van der Waals surface area contributed by atoms with Crippen molar-refractivity contribution < 1.29 is 51.2 Å². The number of hydrogen-bond acceptors (Lipinski definition) is 12. The van der Waals surface area contributed by atoms with Crippen molar-refractivity contribution in [3.8, 4) is 17.6 Å². The Morgan fingerprint density at radius 3 is 1.91 bits per heavy atom. The first-order valence-electron chi connectivity index (χ1n) is 21.7. The van der Waals surface area contributed by atoms with Gasteiger partial charge in [0.1, 0.15) is 28.5 Å². The summed E-state index contributed by atoms with van der Waals surface area (Å²) in [5.74, 6) is -0.482. The van der Waals surface area contributed by atoms with Crippen LogP contribution in [-0.2, 0) is 50.2 Å². The molecule has 11 rings (SSSR count). The van der Waals surface area contributed by atoms with Crippen LogP contribution in [0.5, 0.6) is 11.5 Å². The maximum Gasteiger partial charge on any atom is 0.338 e. The highest BCUT2D eigenvalue weighted by Crippen LogP contribution is 2.62. The molecule has 0 amide bonds. The van der Waals surface area contributed by atoms with Gasteiger partial charge in [0.15, 0.2) is 23.1 Å². The summed E-state index contributed by atoms with van der Waals surface area (Å²) in [5, 5.41) is 9.13. The van der Waals surface area contributed by atoms with E-state index in [-0.39, 0.29) is 57.3 Å². The van der Waals surface area contributed by atoms with Crippen LogP contribution in [0.2, 0.25) is 0 Å². The Bertz CT molecular complexity index is 2950. The SMILES string of the molecule is COC(=O)c1cc(F)c2nc(CCl)n(C[C@@H]3CCO3)c2c1.COC(=O)c1cc(F)c2nc(CN3C[C@@H]4C(c5cccc6c5OC(C)(c5ccc(C#N)cc5F)O6)[C@@H]4C3)n(C[C@@H]3CCO3)c2c1. The van der Waals surface area contributed by atoms with Crippen molar-refractivity contribution in [2.24, 2.45) is 11.8 Å². The van der Waals surface area contributed by atoms with Crippen molar-refractivity contribution in [2.45, 2.75) is 69.2 Å². The number of alkyl halides is 1. The molecule has 5 aliphatic rings. The minimum absolute atomic E-state index is 0.0215. The molecule has 2 unspecified atom stereocenters. The number of esters is 2. The molecule has 18 heteroatoms. The average molecular weight is 925 g/mol. The lowest BCUT2D eigenvalue weighted by molar-refractivity contribution is -0.0710. The third-order valence-electron chi connectivity index (χ3n) is 13.3. The van der Waals surface area contributed by atoms with E-state index in [9.17, 15) is 18.4 Å². The third kappa shape index (κ3) is 7.78. The largest absolute Gasteiger partial charge is 0.465 e.